The first-order valence-electron chi connectivity index (χ1n) is 13.9. The van der Waals surface area contributed by atoms with E-state index in [2.05, 4.69) is 33.3 Å². The maximum absolute atomic E-state index is 15.1. The first kappa shape index (κ1) is 30.2. The lowest BCUT2D eigenvalue weighted by atomic mass is 10.0. The van der Waals surface area contributed by atoms with Gasteiger partial charge < -0.3 is 19.4 Å². The number of carbonyl (C=O) groups is 1. The van der Waals surface area contributed by atoms with E-state index in [0.717, 1.165) is 66.8 Å². The summed E-state index contributed by atoms with van der Waals surface area (Å²) in [5.41, 5.74) is 8.65. The van der Waals surface area contributed by atoms with Crippen LogP contribution in [0.4, 0.5) is 10.1 Å². The highest BCUT2D eigenvalue weighted by molar-refractivity contribution is 5.78. The number of terminal acetylenes is 1. The minimum absolute atomic E-state index is 0.0923. The molecule has 7 nitrogen and oxygen atoms in total. The van der Waals surface area contributed by atoms with Crippen LogP contribution in [0.25, 0.3) is 0 Å². The van der Waals surface area contributed by atoms with Crippen molar-refractivity contribution in [1.82, 2.24) is 15.3 Å². The molecule has 216 valence electrons. The lowest BCUT2D eigenvalue weighted by Crippen LogP contribution is -2.46. The number of aldehydes is 1. The van der Waals surface area contributed by atoms with E-state index in [1.807, 2.05) is 37.2 Å². The fraction of sp³-hybridized carbons (Fsp3) is 0.364. The highest BCUT2D eigenvalue weighted by Crippen LogP contribution is 2.25. The standard InChI is InChI=1S/C33H39FN4O3/c1-5-26-11-12-30(20-27(26)13-18-41-35-2)38-16-14-37(15-17-38)21-25-9-10-29(32(34)19-25)24-40-33-8-6-7-28(23-39)31(33)22-36(3)4/h1,6-12,19-20,23,35H,13-18,21-22,24H2,2-4H3. The third-order valence-electron chi connectivity index (χ3n) is 7.28. The number of anilines is 1. The monoisotopic (exact) mass is 558 g/mol. The van der Waals surface area contributed by atoms with Gasteiger partial charge in [-0.1, -0.05) is 30.2 Å². The Hall–Kier alpha value is -3.74. The van der Waals surface area contributed by atoms with Gasteiger partial charge in [0, 0.05) is 74.3 Å². The van der Waals surface area contributed by atoms with Crippen LogP contribution in [0.1, 0.15) is 38.2 Å². The van der Waals surface area contributed by atoms with E-state index < -0.39 is 0 Å². The van der Waals surface area contributed by atoms with Crippen molar-refractivity contribution in [1.29, 1.82) is 0 Å². The van der Waals surface area contributed by atoms with E-state index in [-0.39, 0.29) is 12.4 Å². The summed E-state index contributed by atoms with van der Waals surface area (Å²) in [5.74, 6) is 3.08. The Kier molecular flexibility index (Phi) is 10.9. The average molecular weight is 559 g/mol. The topological polar surface area (TPSA) is 57.3 Å². The van der Waals surface area contributed by atoms with Crippen molar-refractivity contribution in [3.63, 3.8) is 0 Å². The summed E-state index contributed by atoms with van der Waals surface area (Å²) in [4.78, 5) is 23.5. The number of ether oxygens (including phenoxy) is 1. The summed E-state index contributed by atoms with van der Waals surface area (Å²) < 4.78 is 21.0. The number of benzene rings is 3. The zero-order valence-electron chi connectivity index (χ0n) is 24.2. The number of halogens is 1. The average Bonchev–Trinajstić information content (AvgIpc) is 2.97. The molecule has 3 aromatic carbocycles. The predicted molar refractivity (Wildman–Crippen MR) is 161 cm³/mol. The van der Waals surface area contributed by atoms with Gasteiger partial charge in [0.2, 0.25) is 0 Å². The maximum Gasteiger partial charge on any atom is 0.150 e. The molecular weight excluding hydrogens is 519 g/mol. The van der Waals surface area contributed by atoms with Crippen LogP contribution in [-0.4, -0.2) is 70.0 Å². The van der Waals surface area contributed by atoms with Crippen molar-refractivity contribution in [3.05, 3.63) is 93.8 Å². The summed E-state index contributed by atoms with van der Waals surface area (Å²) in [6, 6.07) is 17.0. The van der Waals surface area contributed by atoms with E-state index in [0.29, 0.717) is 36.6 Å². The molecule has 1 N–H and O–H groups in total. The van der Waals surface area contributed by atoms with Crippen molar-refractivity contribution in [2.75, 3.05) is 58.8 Å². The predicted octanol–water partition coefficient (Wildman–Crippen LogP) is 4.28. The van der Waals surface area contributed by atoms with E-state index in [1.54, 1.807) is 31.3 Å². The molecule has 8 heteroatoms. The highest BCUT2D eigenvalue weighted by Gasteiger charge is 2.19. The molecule has 0 radical (unpaired) electrons. The van der Waals surface area contributed by atoms with Crippen LogP contribution in [0, 0.1) is 18.2 Å². The fourth-order valence-electron chi connectivity index (χ4n) is 5.09. The molecule has 0 unspecified atom stereocenters. The van der Waals surface area contributed by atoms with Gasteiger partial charge in [-0.3, -0.25) is 9.69 Å². The molecule has 0 aromatic heterocycles. The molecule has 0 spiro atoms. The number of hydroxylamine groups is 1. The minimum atomic E-state index is -0.287. The van der Waals surface area contributed by atoms with Crippen molar-refractivity contribution < 1.29 is 18.8 Å². The number of hydrogen-bond acceptors (Lipinski definition) is 7. The first-order chi connectivity index (χ1) is 19.9. The molecule has 0 saturated carbocycles. The van der Waals surface area contributed by atoms with Crippen molar-refractivity contribution in [2.45, 2.75) is 26.1 Å². The van der Waals surface area contributed by atoms with Crippen LogP contribution in [0.5, 0.6) is 5.75 Å². The second-order valence-corrected chi connectivity index (χ2v) is 10.4. The van der Waals surface area contributed by atoms with Gasteiger partial charge in [0.1, 0.15) is 18.2 Å². The van der Waals surface area contributed by atoms with Gasteiger partial charge in [0.15, 0.2) is 6.29 Å². The van der Waals surface area contributed by atoms with Crippen LogP contribution in [-0.2, 0) is 31.0 Å². The Bertz CT molecular complexity index is 1360. The van der Waals surface area contributed by atoms with E-state index >= 15 is 4.39 Å². The number of nitrogens with one attached hydrogen (secondary N) is 1. The third-order valence-corrected chi connectivity index (χ3v) is 7.28. The van der Waals surface area contributed by atoms with Gasteiger partial charge in [0.25, 0.3) is 0 Å². The molecular formula is C33H39FN4O3. The number of nitrogens with zero attached hydrogens (tertiary/aromatic N) is 3. The van der Waals surface area contributed by atoms with E-state index in [1.165, 1.54) is 0 Å². The quantitative estimate of drug-likeness (QED) is 0.146. The summed E-state index contributed by atoms with van der Waals surface area (Å²) in [6.07, 6.45) is 7.26. The van der Waals surface area contributed by atoms with Gasteiger partial charge >= 0.3 is 0 Å². The largest absolute Gasteiger partial charge is 0.488 e. The minimum Gasteiger partial charge on any atom is -0.488 e. The zero-order chi connectivity index (χ0) is 29.2. The van der Waals surface area contributed by atoms with Crippen LogP contribution >= 0.6 is 0 Å². The molecule has 3 aromatic rings. The van der Waals surface area contributed by atoms with Gasteiger partial charge in [-0.25, -0.2) is 9.87 Å². The van der Waals surface area contributed by atoms with Crippen molar-refractivity contribution in [3.8, 4) is 18.1 Å². The van der Waals surface area contributed by atoms with Crippen LogP contribution < -0.4 is 15.1 Å². The third kappa shape index (κ3) is 8.15. The van der Waals surface area contributed by atoms with Crippen LogP contribution in [0.3, 0.4) is 0 Å². The molecule has 1 heterocycles. The van der Waals surface area contributed by atoms with Crippen molar-refractivity contribution in [2.24, 2.45) is 0 Å². The van der Waals surface area contributed by atoms with Gasteiger partial charge in [0.05, 0.1) is 6.61 Å². The van der Waals surface area contributed by atoms with Crippen LogP contribution in [0.15, 0.2) is 54.6 Å². The smallest absolute Gasteiger partial charge is 0.150 e. The molecule has 41 heavy (non-hydrogen) atoms. The molecule has 1 saturated heterocycles. The second kappa shape index (κ2) is 14.8. The molecule has 0 atom stereocenters. The summed E-state index contributed by atoms with van der Waals surface area (Å²) in [6.45, 7) is 5.40. The van der Waals surface area contributed by atoms with E-state index in [4.69, 9.17) is 16.0 Å². The normalized spacial score (nSPS) is 13.8. The number of piperazine rings is 1. The summed E-state index contributed by atoms with van der Waals surface area (Å²) in [5, 5.41) is 0. The Morgan fingerprint density at radius 2 is 1.88 bits per heavy atom. The summed E-state index contributed by atoms with van der Waals surface area (Å²) in [7, 11) is 5.61. The molecule has 0 bridgehead atoms. The number of carbonyl (C=O) groups excluding carboxylic acids is 1. The number of rotatable bonds is 13. The molecule has 1 aliphatic rings. The van der Waals surface area contributed by atoms with Gasteiger partial charge in [-0.05, 0) is 62.0 Å². The number of hydrogen-bond donors (Lipinski definition) is 1. The lowest BCUT2D eigenvalue weighted by Gasteiger charge is -2.36. The van der Waals surface area contributed by atoms with Crippen LogP contribution in [0.2, 0.25) is 0 Å². The Morgan fingerprint density at radius 1 is 1.07 bits per heavy atom. The zero-order valence-corrected chi connectivity index (χ0v) is 24.2. The van der Waals surface area contributed by atoms with E-state index in [9.17, 15) is 4.79 Å². The first-order valence-corrected chi connectivity index (χ1v) is 13.9. The Balaban J connectivity index is 1.33. The second-order valence-electron chi connectivity index (χ2n) is 10.4. The highest BCUT2D eigenvalue weighted by atomic mass is 19.1. The molecule has 1 fully saturated rings. The SMILES string of the molecule is C#Cc1ccc(N2CCN(Cc3ccc(COc4cccc(C=O)c4CN(C)C)c(F)c3)CC2)cc1CCONC. The Labute approximate surface area is 242 Å². The molecule has 4 rings (SSSR count). The maximum atomic E-state index is 15.1. The molecule has 1 aliphatic heterocycles. The van der Waals surface area contributed by atoms with Gasteiger partial charge in [-0.15, -0.1) is 6.42 Å². The fourth-order valence-corrected chi connectivity index (χ4v) is 5.09. The lowest BCUT2D eigenvalue weighted by molar-refractivity contribution is 0.0603. The Morgan fingerprint density at radius 3 is 2.56 bits per heavy atom. The molecule has 0 aliphatic carbocycles. The van der Waals surface area contributed by atoms with Crippen molar-refractivity contribution >= 4 is 12.0 Å². The van der Waals surface area contributed by atoms with Gasteiger partial charge in [-0.2, -0.15) is 0 Å². The molecule has 0 amide bonds. The summed E-state index contributed by atoms with van der Waals surface area (Å²) >= 11 is 0.